The van der Waals surface area contributed by atoms with E-state index in [1.807, 2.05) is 51.1 Å². The van der Waals surface area contributed by atoms with Crippen molar-refractivity contribution in [2.24, 2.45) is 11.8 Å². The van der Waals surface area contributed by atoms with Crippen molar-refractivity contribution in [1.82, 2.24) is 14.7 Å². The maximum atomic E-state index is 13.5. The van der Waals surface area contributed by atoms with Crippen LogP contribution in [0.5, 0.6) is 0 Å². The first-order valence-corrected chi connectivity index (χ1v) is 12.8. The Kier molecular flexibility index (Phi) is 9.79. The third kappa shape index (κ3) is 7.26. The summed E-state index contributed by atoms with van der Waals surface area (Å²) in [6.07, 6.45) is 3.61. The van der Waals surface area contributed by atoms with Gasteiger partial charge in [0.15, 0.2) is 0 Å². The summed E-state index contributed by atoms with van der Waals surface area (Å²) in [5.41, 5.74) is 2.19. The first kappa shape index (κ1) is 27.1. The van der Waals surface area contributed by atoms with Crippen molar-refractivity contribution in [2.45, 2.75) is 53.4 Å². The molecule has 3 rings (SSSR count). The molecular weight excluding hydrogens is 455 g/mol. The fraction of sp³-hybridized carbons (Fsp3) is 0.414. The zero-order valence-electron chi connectivity index (χ0n) is 21.7. The van der Waals surface area contributed by atoms with E-state index in [1.165, 1.54) is 12.1 Å². The monoisotopic (exact) mass is 492 g/mol. The first-order chi connectivity index (χ1) is 17.3. The predicted octanol–water partition coefficient (Wildman–Crippen LogP) is 6.32. The fourth-order valence-corrected chi connectivity index (χ4v) is 4.24. The molecule has 0 saturated heterocycles. The van der Waals surface area contributed by atoms with Crippen molar-refractivity contribution in [3.05, 3.63) is 66.5 Å². The lowest BCUT2D eigenvalue weighted by Crippen LogP contribution is -2.43. The van der Waals surface area contributed by atoms with Gasteiger partial charge in [0.25, 0.3) is 0 Å². The summed E-state index contributed by atoms with van der Waals surface area (Å²) in [4.78, 5) is 28.2. The van der Waals surface area contributed by atoms with Crippen LogP contribution >= 0.6 is 0 Å². The highest BCUT2D eigenvalue weighted by Crippen LogP contribution is 2.25. The molecule has 1 atom stereocenters. The summed E-state index contributed by atoms with van der Waals surface area (Å²) < 4.78 is 15.1. The number of carbonyl (C=O) groups excluding carboxylic acids is 2. The maximum Gasteiger partial charge on any atom is 0.245 e. The molecule has 0 aliphatic carbocycles. The number of anilines is 1. The highest BCUT2D eigenvalue weighted by molar-refractivity contribution is 5.95. The molecule has 6 nitrogen and oxygen atoms in total. The minimum atomic E-state index is -0.351. The third-order valence-corrected chi connectivity index (χ3v) is 6.10. The van der Waals surface area contributed by atoms with Gasteiger partial charge in [-0.25, -0.2) is 9.07 Å². The van der Waals surface area contributed by atoms with Crippen molar-refractivity contribution in [2.75, 3.05) is 18.4 Å². The van der Waals surface area contributed by atoms with Crippen LogP contribution in [0.4, 0.5) is 10.2 Å². The smallest absolute Gasteiger partial charge is 0.245 e. The second-order valence-corrected chi connectivity index (χ2v) is 9.58. The second kappa shape index (κ2) is 13.0. The van der Waals surface area contributed by atoms with Gasteiger partial charge in [-0.3, -0.25) is 9.59 Å². The minimum Gasteiger partial charge on any atom is -0.333 e. The predicted molar refractivity (Wildman–Crippen MR) is 142 cm³/mol. The van der Waals surface area contributed by atoms with E-state index in [4.69, 9.17) is 0 Å². The second-order valence-electron chi connectivity index (χ2n) is 9.58. The molecule has 0 radical (unpaired) electrons. The van der Waals surface area contributed by atoms with Crippen LogP contribution in [0.25, 0.3) is 16.9 Å². The van der Waals surface area contributed by atoms with Gasteiger partial charge in [-0.05, 0) is 43.0 Å². The van der Waals surface area contributed by atoms with E-state index < -0.39 is 0 Å². The van der Waals surface area contributed by atoms with Gasteiger partial charge in [0.05, 0.1) is 17.9 Å². The number of amides is 2. The number of benzene rings is 2. The Hall–Kier alpha value is -3.48. The highest BCUT2D eigenvalue weighted by atomic mass is 19.1. The summed E-state index contributed by atoms with van der Waals surface area (Å²) in [5.74, 6) is 0.00594. The van der Waals surface area contributed by atoms with Gasteiger partial charge in [0, 0.05) is 24.1 Å². The normalized spacial score (nSPS) is 11.9. The number of rotatable bonds is 12. The van der Waals surface area contributed by atoms with Crippen LogP contribution in [0.15, 0.2) is 60.7 Å². The van der Waals surface area contributed by atoms with E-state index in [0.29, 0.717) is 23.7 Å². The summed E-state index contributed by atoms with van der Waals surface area (Å²) in [7, 11) is 0. The van der Waals surface area contributed by atoms with Gasteiger partial charge >= 0.3 is 0 Å². The Morgan fingerprint density at radius 1 is 1.06 bits per heavy atom. The maximum absolute atomic E-state index is 13.5. The first-order valence-electron chi connectivity index (χ1n) is 12.8. The molecule has 1 unspecified atom stereocenters. The van der Waals surface area contributed by atoms with Crippen LogP contribution in [0.2, 0.25) is 0 Å². The largest absolute Gasteiger partial charge is 0.333 e. The molecule has 36 heavy (non-hydrogen) atoms. The molecular formula is C29H37FN4O2. The lowest BCUT2D eigenvalue weighted by Gasteiger charge is -2.28. The van der Waals surface area contributed by atoms with Gasteiger partial charge in [-0.1, -0.05) is 70.9 Å². The molecule has 0 fully saturated rings. The van der Waals surface area contributed by atoms with Crippen LogP contribution in [-0.4, -0.2) is 39.6 Å². The number of hydrogen-bond acceptors (Lipinski definition) is 3. The van der Waals surface area contributed by atoms with Gasteiger partial charge in [-0.15, -0.1) is 0 Å². The Labute approximate surface area is 213 Å². The van der Waals surface area contributed by atoms with Crippen molar-refractivity contribution in [1.29, 1.82) is 0 Å². The van der Waals surface area contributed by atoms with Crippen molar-refractivity contribution in [3.63, 3.8) is 0 Å². The molecule has 0 spiro atoms. The molecule has 192 valence electrons. The molecule has 1 aromatic heterocycles. The molecule has 0 aliphatic rings. The Morgan fingerprint density at radius 3 is 2.36 bits per heavy atom. The van der Waals surface area contributed by atoms with Crippen molar-refractivity contribution in [3.8, 4) is 16.9 Å². The van der Waals surface area contributed by atoms with E-state index in [-0.39, 0.29) is 36.0 Å². The Bertz CT molecular complexity index is 1130. The lowest BCUT2D eigenvalue weighted by molar-refractivity contribution is -0.139. The quantitative estimate of drug-likeness (QED) is 0.322. The fourth-order valence-electron chi connectivity index (χ4n) is 4.24. The number of aromatic nitrogens is 2. The topological polar surface area (TPSA) is 67.2 Å². The Morgan fingerprint density at radius 2 is 1.75 bits per heavy atom. The van der Waals surface area contributed by atoms with Crippen LogP contribution in [0.3, 0.4) is 0 Å². The van der Waals surface area contributed by atoms with Crippen LogP contribution < -0.4 is 5.32 Å². The van der Waals surface area contributed by atoms with Crippen molar-refractivity contribution < 1.29 is 14.0 Å². The summed E-state index contributed by atoms with van der Waals surface area (Å²) in [6, 6.07) is 17.4. The number of carbonyl (C=O) groups is 2. The van der Waals surface area contributed by atoms with E-state index in [9.17, 15) is 14.0 Å². The van der Waals surface area contributed by atoms with Crippen LogP contribution in [-0.2, 0) is 9.59 Å². The Balaban J connectivity index is 1.86. The average molecular weight is 493 g/mol. The molecule has 3 aromatic rings. The standard InChI is InChI=1S/C29H37FN4O2/c1-5-7-11-22(6-2)29(36)33(19-21(3)4)20-28(35)31-27-18-26(23-12-9-8-10-13-23)32-34(27)25-16-14-24(30)15-17-25/h8-10,12-18,21-22H,5-7,11,19-20H2,1-4H3,(H,31,35). The summed E-state index contributed by atoms with van der Waals surface area (Å²) in [6.45, 7) is 8.71. The zero-order chi connectivity index (χ0) is 26.1. The number of halogens is 1. The molecule has 1 N–H and O–H groups in total. The van der Waals surface area contributed by atoms with E-state index in [0.717, 1.165) is 31.2 Å². The van der Waals surface area contributed by atoms with Crippen LogP contribution in [0.1, 0.15) is 53.4 Å². The zero-order valence-corrected chi connectivity index (χ0v) is 21.7. The molecule has 2 aromatic carbocycles. The minimum absolute atomic E-state index is 0.0328. The average Bonchev–Trinajstić information content (AvgIpc) is 3.28. The molecule has 0 bridgehead atoms. The van der Waals surface area contributed by atoms with Gasteiger partial charge in [0.1, 0.15) is 11.6 Å². The van der Waals surface area contributed by atoms with Gasteiger partial charge in [0.2, 0.25) is 11.8 Å². The number of hydrogen-bond donors (Lipinski definition) is 1. The van der Waals surface area contributed by atoms with E-state index in [1.54, 1.807) is 27.8 Å². The van der Waals surface area contributed by atoms with E-state index >= 15 is 0 Å². The molecule has 2 amide bonds. The van der Waals surface area contributed by atoms with Crippen LogP contribution in [0, 0.1) is 17.7 Å². The number of nitrogens with one attached hydrogen (secondary N) is 1. The SMILES string of the molecule is CCCCC(CC)C(=O)N(CC(=O)Nc1cc(-c2ccccc2)nn1-c1ccc(F)cc1)CC(C)C. The third-order valence-electron chi connectivity index (χ3n) is 6.10. The molecule has 7 heteroatoms. The molecule has 0 aliphatic heterocycles. The molecule has 1 heterocycles. The molecule has 0 saturated carbocycles. The van der Waals surface area contributed by atoms with Gasteiger partial charge in [-0.2, -0.15) is 5.10 Å². The highest BCUT2D eigenvalue weighted by Gasteiger charge is 2.25. The number of unbranched alkanes of at least 4 members (excludes halogenated alkanes) is 1. The lowest BCUT2D eigenvalue weighted by atomic mass is 9.97. The summed E-state index contributed by atoms with van der Waals surface area (Å²) >= 11 is 0. The van der Waals surface area contributed by atoms with Gasteiger partial charge < -0.3 is 10.2 Å². The van der Waals surface area contributed by atoms with E-state index in [2.05, 4.69) is 17.3 Å². The van der Waals surface area contributed by atoms with Crippen molar-refractivity contribution >= 4 is 17.6 Å². The number of nitrogens with zero attached hydrogens (tertiary/aromatic N) is 3. The summed E-state index contributed by atoms with van der Waals surface area (Å²) in [5, 5.41) is 7.62.